The molecule has 3 unspecified atom stereocenters. The third kappa shape index (κ3) is 3.74. The maximum absolute atomic E-state index is 5.79. The maximum atomic E-state index is 5.79. The van der Waals surface area contributed by atoms with E-state index in [4.69, 9.17) is 4.84 Å². The number of rotatable bonds is 6. The summed E-state index contributed by atoms with van der Waals surface area (Å²) < 4.78 is 0. The molecule has 0 spiro atoms. The van der Waals surface area contributed by atoms with Crippen molar-refractivity contribution < 1.29 is 4.84 Å². The summed E-state index contributed by atoms with van der Waals surface area (Å²) in [6.07, 6.45) is 7.88. The average Bonchev–Trinajstić information content (AvgIpc) is 2.35. The van der Waals surface area contributed by atoms with Gasteiger partial charge >= 0.3 is 0 Å². The molecule has 1 rings (SSSR count). The van der Waals surface area contributed by atoms with Crippen LogP contribution < -0.4 is 0 Å². The van der Waals surface area contributed by atoms with Crippen LogP contribution in [0.15, 0.2) is 0 Å². The lowest BCUT2D eigenvalue weighted by Crippen LogP contribution is -2.42. The van der Waals surface area contributed by atoms with Crippen LogP contribution in [0.4, 0.5) is 0 Å². The second-order valence-electron chi connectivity index (χ2n) is 5.28. The number of hydrogen-bond donors (Lipinski definition) is 0. The predicted molar refractivity (Wildman–Crippen MR) is 69.2 cm³/mol. The minimum atomic E-state index is 0.648. The first-order valence-electron chi connectivity index (χ1n) is 7.06. The molecule has 16 heavy (non-hydrogen) atoms. The highest BCUT2D eigenvalue weighted by Crippen LogP contribution is 2.34. The molecular weight excluding hydrogens is 198 g/mol. The van der Waals surface area contributed by atoms with Gasteiger partial charge in [-0.2, -0.15) is 5.06 Å². The van der Waals surface area contributed by atoms with Gasteiger partial charge in [0.2, 0.25) is 0 Å². The SMILES string of the molecule is CCCON(C)C1CCCCC1C(C)CC. The molecule has 1 saturated carbocycles. The first-order chi connectivity index (χ1) is 7.70. The van der Waals surface area contributed by atoms with Crippen LogP contribution in [-0.4, -0.2) is 24.8 Å². The number of hydroxylamine groups is 2. The monoisotopic (exact) mass is 227 g/mol. The van der Waals surface area contributed by atoms with Gasteiger partial charge in [0.05, 0.1) is 6.61 Å². The molecule has 0 aromatic rings. The summed E-state index contributed by atoms with van der Waals surface area (Å²) in [6.45, 7) is 7.74. The van der Waals surface area contributed by atoms with E-state index in [1.165, 1.54) is 32.1 Å². The smallest absolute Gasteiger partial charge is 0.0682 e. The van der Waals surface area contributed by atoms with Crippen molar-refractivity contribution in [2.45, 2.75) is 65.3 Å². The summed E-state index contributed by atoms with van der Waals surface area (Å²) >= 11 is 0. The van der Waals surface area contributed by atoms with Gasteiger partial charge in [0, 0.05) is 13.1 Å². The van der Waals surface area contributed by atoms with Crippen molar-refractivity contribution in [2.24, 2.45) is 11.8 Å². The van der Waals surface area contributed by atoms with Crippen LogP contribution in [0.1, 0.15) is 59.3 Å². The average molecular weight is 227 g/mol. The summed E-state index contributed by atoms with van der Waals surface area (Å²) in [6, 6.07) is 0.648. The minimum absolute atomic E-state index is 0.648. The van der Waals surface area contributed by atoms with E-state index in [1.807, 2.05) is 0 Å². The Morgan fingerprint density at radius 1 is 1.25 bits per heavy atom. The first kappa shape index (κ1) is 14.0. The van der Waals surface area contributed by atoms with Crippen molar-refractivity contribution in [3.8, 4) is 0 Å². The Balaban J connectivity index is 2.51. The molecule has 0 heterocycles. The molecule has 1 aliphatic rings. The van der Waals surface area contributed by atoms with Gasteiger partial charge in [-0.1, -0.05) is 40.0 Å². The molecule has 3 atom stereocenters. The molecule has 0 amide bonds. The highest BCUT2D eigenvalue weighted by atomic mass is 16.7. The van der Waals surface area contributed by atoms with Crippen LogP contribution in [0.25, 0.3) is 0 Å². The van der Waals surface area contributed by atoms with E-state index >= 15 is 0 Å². The van der Waals surface area contributed by atoms with E-state index in [-0.39, 0.29) is 0 Å². The van der Waals surface area contributed by atoms with E-state index in [9.17, 15) is 0 Å². The molecule has 96 valence electrons. The highest BCUT2D eigenvalue weighted by molar-refractivity contribution is 4.82. The van der Waals surface area contributed by atoms with Gasteiger partial charge in [0.1, 0.15) is 0 Å². The Morgan fingerprint density at radius 2 is 1.94 bits per heavy atom. The lowest BCUT2D eigenvalue weighted by atomic mass is 9.76. The van der Waals surface area contributed by atoms with E-state index in [1.54, 1.807) is 0 Å². The second-order valence-corrected chi connectivity index (χ2v) is 5.28. The van der Waals surface area contributed by atoms with Crippen molar-refractivity contribution in [3.63, 3.8) is 0 Å². The van der Waals surface area contributed by atoms with Crippen LogP contribution in [0, 0.1) is 11.8 Å². The van der Waals surface area contributed by atoms with Crippen LogP contribution in [-0.2, 0) is 4.84 Å². The van der Waals surface area contributed by atoms with Crippen molar-refractivity contribution in [1.82, 2.24) is 5.06 Å². The van der Waals surface area contributed by atoms with Crippen LogP contribution in [0.5, 0.6) is 0 Å². The summed E-state index contributed by atoms with van der Waals surface area (Å²) in [7, 11) is 2.13. The molecule has 1 fully saturated rings. The lowest BCUT2D eigenvalue weighted by molar-refractivity contribution is -0.189. The normalized spacial score (nSPS) is 28.3. The lowest BCUT2D eigenvalue weighted by Gasteiger charge is -2.40. The fourth-order valence-electron chi connectivity index (χ4n) is 2.89. The van der Waals surface area contributed by atoms with Gasteiger partial charge in [-0.25, -0.2) is 0 Å². The zero-order valence-corrected chi connectivity index (χ0v) is 11.5. The Morgan fingerprint density at radius 3 is 2.56 bits per heavy atom. The molecule has 0 aromatic carbocycles. The Hall–Kier alpha value is -0.0800. The molecule has 0 aromatic heterocycles. The third-order valence-electron chi connectivity index (χ3n) is 4.12. The molecule has 0 N–H and O–H groups in total. The van der Waals surface area contributed by atoms with Crippen LogP contribution in [0.2, 0.25) is 0 Å². The highest BCUT2D eigenvalue weighted by Gasteiger charge is 2.31. The molecule has 0 aliphatic heterocycles. The Bertz CT molecular complexity index is 184. The fraction of sp³-hybridized carbons (Fsp3) is 1.00. The second kappa shape index (κ2) is 7.29. The quantitative estimate of drug-likeness (QED) is 0.639. The van der Waals surface area contributed by atoms with Crippen LogP contribution in [0.3, 0.4) is 0 Å². The van der Waals surface area contributed by atoms with Gasteiger partial charge in [-0.05, 0) is 31.1 Å². The zero-order valence-electron chi connectivity index (χ0n) is 11.5. The summed E-state index contributed by atoms with van der Waals surface area (Å²) in [5.74, 6) is 1.67. The van der Waals surface area contributed by atoms with Gasteiger partial charge in [0.25, 0.3) is 0 Å². The molecule has 0 saturated heterocycles. The molecular formula is C14H29NO. The summed E-state index contributed by atoms with van der Waals surface area (Å²) in [5.41, 5.74) is 0. The number of hydrogen-bond acceptors (Lipinski definition) is 2. The standard InChI is InChI=1S/C14H29NO/c1-5-11-16-15(4)14-10-8-7-9-13(14)12(3)6-2/h12-14H,5-11H2,1-4H3. The van der Waals surface area contributed by atoms with Gasteiger partial charge < -0.3 is 0 Å². The van der Waals surface area contributed by atoms with E-state index in [2.05, 4.69) is 32.9 Å². The Labute approximate surface area is 101 Å². The molecule has 1 aliphatic carbocycles. The van der Waals surface area contributed by atoms with E-state index in [0.717, 1.165) is 24.9 Å². The van der Waals surface area contributed by atoms with Gasteiger partial charge in [-0.3, -0.25) is 4.84 Å². The maximum Gasteiger partial charge on any atom is 0.0682 e. The topological polar surface area (TPSA) is 12.5 Å². The molecule has 0 radical (unpaired) electrons. The van der Waals surface area contributed by atoms with Crippen LogP contribution >= 0.6 is 0 Å². The van der Waals surface area contributed by atoms with E-state index in [0.29, 0.717) is 6.04 Å². The fourth-order valence-corrected chi connectivity index (χ4v) is 2.89. The number of nitrogens with zero attached hydrogens (tertiary/aromatic N) is 1. The predicted octanol–water partition coefficient (Wildman–Crippen LogP) is 3.86. The minimum Gasteiger partial charge on any atom is -0.299 e. The van der Waals surface area contributed by atoms with Crippen molar-refractivity contribution in [3.05, 3.63) is 0 Å². The summed E-state index contributed by atoms with van der Waals surface area (Å²) in [4.78, 5) is 5.79. The zero-order chi connectivity index (χ0) is 12.0. The Kier molecular flexibility index (Phi) is 6.37. The van der Waals surface area contributed by atoms with E-state index < -0.39 is 0 Å². The van der Waals surface area contributed by atoms with Gasteiger partial charge in [0.15, 0.2) is 0 Å². The molecule has 2 heteroatoms. The third-order valence-corrected chi connectivity index (χ3v) is 4.12. The van der Waals surface area contributed by atoms with Gasteiger partial charge in [-0.15, -0.1) is 0 Å². The largest absolute Gasteiger partial charge is 0.299 e. The van der Waals surface area contributed by atoms with Crippen molar-refractivity contribution in [2.75, 3.05) is 13.7 Å². The van der Waals surface area contributed by atoms with Crippen molar-refractivity contribution in [1.29, 1.82) is 0 Å². The molecule has 2 nitrogen and oxygen atoms in total. The van der Waals surface area contributed by atoms with Crippen molar-refractivity contribution >= 4 is 0 Å². The summed E-state index contributed by atoms with van der Waals surface area (Å²) in [5, 5.41) is 2.15. The molecule has 0 bridgehead atoms. The first-order valence-corrected chi connectivity index (χ1v) is 7.06.